The number of hydrogen-bond donors (Lipinski definition) is 2. The largest absolute Gasteiger partial charge is 0.760 e. The third kappa shape index (κ3) is 6.27. The van der Waals surface area contributed by atoms with Crippen molar-refractivity contribution in [3.8, 4) is 22.5 Å². The first-order valence-electron chi connectivity index (χ1n) is 14.2. The van der Waals surface area contributed by atoms with Crippen molar-refractivity contribution in [3.63, 3.8) is 0 Å². The Balaban J connectivity index is 1.52. The number of nitrogen functional groups attached to an aromatic ring is 1. The minimum Gasteiger partial charge on any atom is -0.760 e. The number of halogens is 2. The highest BCUT2D eigenvalue weighted by Gasteiger charge is 2.25. The first-order chi connectivity index (χ1) is 20.9. The summed E-state index contributed by atoms with van der Waals surface area (Å²) >= 11 is -2.52. The lowest BCUT2D eigenvalue weighted by Gasteiger charge is -2.30. The van der Waals surface area contributed by atoms with Crippen LogP contribution >= 0.6 is 0 Å². The Labute approximate surface area is 249 Å². The summed E-state index contributed by atoms with van der Waals surface area (Å²) in [7, 11) is 0. The number of nitrogens with zero attached hydrogens (tertiary/aromatic N) is 6. The molecule has 4 heterocycles. The minimum absolute atomic E-state index is 0.123. The smallest absolute Gasteiger partial charge is 0.219 e. The van der Waals surface area contributed by atoms with Gasteiger partial charge in [0.15, 0.2) is 5.82 Å². The normalized spacial score (nSPS) is 17.0. The van der Waals surface area contributed by atoms with Crippen molar-refractivity contribution < 1.29 is 22.3 Å². The van der Waals surface area contributed by atoms with E-state index < -0.39 is 23.3 Å². The van der Waals surface area contributed by atoms with Crippen LogP contribution < -0.4 is 20.3 Å². The van der Waals surface area contributed by atoms with Crippen molar-refractivity contribution in [1.82, 2.24) is 24.7 Å². The molecule has 2 aromatic carbocycles. The number of benzene rings is 2. The van der Waals surface area contributed by atoms with Crippen LogP contribution in [-0.2, 0) is 16.0 Å². The maximum absolute atomic E-state index is 16.0. The van der Waals surface area contributed by atoms with Crippen molar-refractivity contribution in [2.45, 2.75) is 25.4 Å². The maximum atomic E-state index is 16.0. The molecule has 14 heteroatoms. The number of rotatable bonds is 9. The van der Waals surface area contributed by atoms with E-state index in [9.17, 15) is 8.76 Å². The highest BCUT2D eigenvalue weighted by molar-refractivity contribution is 7.77. The van der Waals surface area contributed by atoms with Crippen LogP contribution in [0.5, 0.6) is 0 Å². The SMILES string of the molecule is Nc1ncc(-c2nc(N3CCOCC3)c3cc(-c4cccc(C(F)CCNS(=O)[O-])c4F)cc(N4CCCC4)c3n2)cn1. The van der Waals surface area contributed by atoms with Crippen molar-refractivity contribution in [1.29, 1.82) is 0 Å². The van der Waals surface area contributed by atoms with Crippen LogP contribution in [0.15, 0.2) is 42.7 Å². The van der Waals surface area contributed by atoms with Crippen molar-refractivity contribution in [2.75, 3.05) is 61.5 Å². The Kier molecular flexibility index (Phi) is 8.70. The van der Waals surface area contributed by atoms with E-state index in [2.05, 4.69) is 24.5 Å². The molecule has 0 aliphatic carbocycles. The van der Waals surface area contributed by atoms with Crippen LogP contribution in [0.25, 0.3) is 33.4 Å². The number of aromatic nitrogens is 4. The van der Waals surface area contributed by atoms with E-state index in [1.54, 1.807) is 24.5 Å². The molecule has 226 valence electrons. The fourth-order valence-corrected chi connectivity index (χ4v) is 5.88. The predicted octanol–water partition coefficient (Wildman–Crippen LogP) is 3.70. The average Bonchev–Trinajstić information content (AvgIpc) is 3.56. The van der Waals surface area contributed by atoms with Gasteiger partial charge in [-0.2, -0.15) is 0 Å². The Hall–Kier alpha value is -3.85. The summed E-state index contributed by atoms with van der Waals surface area (Å²) in [5.41, 5.74) is 8.58. The highest BCUT2D eigenvalue weighted by Crippen LogP contribution is 2.40. The number of morpholine rings is 1. The Morgan fingerprint density at radius 3 is 2.51 bits per heavy atom. The fraction of sp³-hybridized carbons (Fsp3) is 0.379. The van der Waals surface area contributed by atoms with Crippen LogP contribution in [0.4, 0.5) is 26.2 Å². The van der Waals surface area contributed by atoms with E-state index in [0.29, 0.717) is 54.6 Å². The molecular formula is C29H31F2N8O3S-. The molecule has 11 nitrogen and oxygen atoms in total. The molecular weight excluding hydrogens is 578 g/mol. The number of ether oxygens (including phenoxy) is 1. The number of nitrogens with two attached hydrogens (primary N) is 1. The van der Waals surface area contributed by atoms with E-state index in [-0.39, 0.29) is 30.0 Å². The molecule has 0 spiro atoms. The Morgan fingerprint density at radius 2 is 1.79 bits per heavy atom. The monoisotopic (exact) mass is 609 g/mol. The van der Waals surface area contributed by atoms with Crippen molar-refractivity contribution in [3.05, 3.63) is 54.1 Å². The zero-order valence-corrected chi connectivity index (χ0v) is 24.2. The first-order valence-corrected chi connectivity index (χ1v) is 15.2. The number of alkyl halides is 1. The lowest BCUT2D eigenvalue weighted by atomic mass is 9.96. The standard InChI is InChI=1S/C29H32F2N8O3S/c30-23(6-7-35-43(40)41)21-5-3-4-20(25(21)31)18-14-22-26(24(15-18)38-8-1-2-9-38)36-27(19-16-33-29(32)34-17-19)37-28(22)39-10-12-42-13-11-39/h3-5,14-17,23,35H,1-2,6-13H2,(H,40,41)(H2,32,33,34)/p-1. The molecule has 2 fully saturated rings. The van der Waals surface area contributed by atoms with Gasteiger partial charge in [0.1, 0.15) is 17.8 Å². The molecule has 0 radical (unpaired) electrons. The van der Waals surface area contributed by atoms with Crippen LogP contribution in [-0.4, -0.2) is 74.6 Å². The number of nitrogens with one attached hydrogen (secondary N) is 1. The van der Waals surface area contributed by atoms with Crippen molar-refractivity contribution >= 4 is 39.6 Å². The number of anilines is 3. The molecule has 2 aliphatic rings. The van der Waals surface area contributed by atoms with Gasteiger partial charge >= 0.3 is 0 Å². The van der Waals surface area contributed by atoms with Gasteiger partial charge in [-0.25, -0.2) is 33.4 Å². The molecule has 4 aromatic rings. The predicted molar refractivity (Wildman–Crippen MR) is 160 cm³/mol. The highest BCUT2D eigenvalue weighted by atomic mass is 32.2. The van der Waals surface area contributed by atoms with E-state index >= 15 is 8.78 Å². The zero-order valence-electron chi connectivity index (χ0n) is 23.3. The lowest BCUT2D eigenvalue weighted by molar-refractivity contribution is 0.122. The Bertz CT molecular complexity index is 1630. The maximum Gasteiger partial charge on any atom is 0.219 e. The minimum atomic E-state index is -2.52. The topological polar surface area (TPSA) is 145 Å². The molecule has 3 N–H and O–H groups in total. The van der Waals surface area contributed by atoms with Gasteiger partial charge < -0.3 is 24.8 Å². The van der Waals surface area contributed by atoms with E-state index in [1.165, 1.54) is 6.07 Å². The van der Waals surface area contributed by atoms with Gasteiger partial charge in [0.05, 0.1) is 30.0 Å². The molecule has 2 unspecified atom stereocenters. The van der Waals surface area contributed by atoms with E-state index in [1.807, 2.05) is 12.1 Å². The number of hydrogen-bond acceptors (Lipinski definition) is 10. The summed E-state index contributed by atoms with van der Waals surface area (Å²) in [5, 5.41) is 0.741. The van der Waals surface area contributed by atoms with E-state index in [4.69, 9.17) is 20.4 Å². The van der Waals surface area contributed by atoms with Gasteiger partial charge in [0.25, 0.3) is 0 Å². The molecule has 2 aromatic heterocycles. The molecule has 2 aliphatic heterocycles. The molecule has 0 amide bonds. The van der Waals surface area contributed by atoms with Gasteiger partial charge in [0.2, 0.25) is 5.95 Å². The summed E-state index contributed by atoms with van der Waals surface area (Å²) in [6, 6.07) is 8.40. The quantitative estimate of drug-likeness (QED) is 0.270. The van der Waals surface area contributed by atoms with Crippen LogP contribution in [0, 0.1) is 5.82 Å². The van der Waals surface area contributed by atoms with Gasteiger partial charge in [0, 0.05) is 72.9 Å². The summed E-state index contributed by atoms with van der Waals surface area (Å²) in [6.45, 7) is 3.79. The first kappa shape index (κ1) is 29.2. The molecule has 43 heavy (non-hydrogen) atoms. The van der Waals surface area contributed by atoms with E-state index in [0.717, 1.165) is 37.0 Å². The number of fused-ring (bicyclic) bond motifs is 1. The van der Waals surface area contributed by atoms with Gasteiger partial charge in [-0.15, -0.1) is 0 Å². The molecule has 0 bridgehead atoms. The molecule has 6 rings (SSSR count). The summed E-state index contributed by atoms with van der Waals surface area (Å²) in [5.74, 6) is 0.591. The summed E-state index contributed by atoms with van der Waals surface area (Å²) in [4.78, 5) is 22.6. The van der Waals surface area contributed by atoms with Gasteiger partial charge in [-0.05, 0) is 37.0 Å². The van der Waals surface area contributed by atoms with Crippen LogP contribution in [0.1, 0.15) is 31.0 Å². The third-order valence-electron chi connectivity index (χ3n) is 7.74. The lowest BCUT2D eigenvalue weighted by Crippen LogP contribution is -2.37. The summed E-state index contributed by atoms with van der Waals surface area (Å²) in [6.07, 6.45) is 3.33. The molecule has 2 atom stereocenters. The summed E-state index contributed by atoms with van der Waals surface area (Å²) < 4.78 is 60.4. The second kappa shape index (κ2) is 12.8. The van der Waals surface area contributed by atoms with Crippen LogP contribution in [0.3, 0.4) is 0 Å². The second-order valence-electron chi connectivity index (χ2n) is 10.5. The zero-order chi connectivity index (χ0) is 29.9. The van der Waals surface area contributed by atoms with Gasteiger partial charge in [-0.3, -0.25) is 4.21 Å². The third-order valence-corrected chi connectivity index (χ3v) is 8.18. The fourth-order valence-electron chi connectivity index (χ4n) is 5.59. The molecule has 0 saturated carbocycles. The second-order valence-corrected chi connectivity index (χ2v) is 11.2. The molecule has 2 saturated heterocycles. The van der Waals surface area contributed by atoms with Crippen LogP contribution in [0.2, 0.25) is 0 Å². The van der Waals surface area contributed by atoms with Gasteiger partial charge in [-0.1, -0.05) is 18.2 Å². The average molecular weight is 610 g/mol. The Morgan fingerprint density at radius 1 is 1.05 bits per heavy atom. The van der Waals surface area contributed by atoms with Crippen molar-refractivity contribution in [2.24, 2.45) is 0 Å².